The minimum absolute atomic E-state index is 0.0480. The van der Waals surface area contributed by atoms with E-state index in [1.165, 1.54) is 0 Å². The summed E-state index contributed by atoms with van der Waals surface area (Å²) in [4.78, 5) is 25.9. The van der Waals surface area contributed by atoms with E-state index in [1.54, 1.807) is 12.1 Å². The van der Waals surface area contributed by atoms with E-state index in [2.05, 4.69) is 29.4 Å². The molecule has 1 saturated heterocycles. The molecule has 1 unspecified atom stereocenters. The molecule has 1 aromatic rings. The number of rotatable bonds is 5. The van der Waals surface area contributed by atoms with Gasteiger partial charge in [-0.2, -0.15) is 0 Å². The van der Waals surface area contributed by atoms with E-state index >= 15 is 0 Å². The van der Waals surface area contributed by atoms with Gasteiger partial charge in [-0.25, -0.2) is 8.42 Å². The van der Waals surface area contributed by atoms with Gasteiger partial charge in [0.2, 0.25) is 0 Å². The van der Waals surface area contributed by atoms with Crippen molar-refractivity contribution in [3.63, 3.8) is 0 Å². The first kappa shape index (κ1) is 18.3. The summed E-state index contributed by atoms with van der Waals surface area (Å²) in [5, 5.41) is 4.98. The van der Waals surface area contributed by atoms with Gasteiger partial charge < -0.3 is 15.5 Å². The normalized spacial score (nSPS) is 18.8. The minimum atomic E-state index is -3.09. The fourth-order valence-corrected chi connectivity index (χ4v) is 4.37. The Labute approximate surface area is 142 Å². The van der Waals surface area contributed by atoms with Crippen LogP contribution < -0.4 is 15.5 Å². The maximum absolute atomic E-state index is 11.9. The van der Waals surface area contributed by atoms with Crippen molar-refractivity contribution in [3.8, 4) is 0 Å². The molecule has 1 aliphatic heterocycles. The molecule has 1 aliphatic rings. The summed E-state index contributed by atoms with van der Waals surface area (Å²) in [6.45, 7) is 5.89. The third-order valence-electron chi connectivity index (χ3n) is 4.03. The maximum atomic E-state index is 11.9. The lowest BCUT2D eigenvalue weighted by Gasteiger charge is -2.21. The van der Waals surface area contributed by atoms with Gasteiger partial charge in [0.15, 0.2) is 9.84 Å². The Kier molecular flexibility index (Phi) is 5.82. The Morgan fingerprint density at radius 1 is 1.12 bits per heavy atom. The second-order valence-electron chi connectivity index (χ2n) is 5.75. The number of benzene rings is 1. The van der Waals surface area contributed by atoms with E-state index in [0.29, 0.717) is 12.1 Å². The lowest BCUT2D eigenvalue weighted by molar-refractivity contribution is -0.136. The topological polar surface area (TPSA) is 95.6 Å². The number of sulfone groups is 1. The number of anilines is 2. The van der Waals surface area contributed by atoms with Crippen LogP contribution in [0, 0.1) is 0 Å². The summed E-state index contributed by atoms with van der Waals surface area (Å²) >= 11 is 0. The zero-order valence-corrected chi connectivity index (χ0v) is 14.7. The van der Waals surface area contributed by atoms with Crippen molar-refractivity contribution in [1.29, 1.82) is 0 Å². The number of nitrogens with zero attached hydrogens (tertiary/aromatic N) is 1. The van der Waals surface area contributed by atoms with E-state index in [9.17, 15) is 18.0 Å². The van der Waals surface area contributed by atoms with Crippen molar-refractivity contribution in [1.82, 2.24) is 5.32 Å². The predicted molar refractivity (Wildman–Crippen MR) is 93.8 cm³/mol. The van der Waals surface area contributed by atoms with Crippen LogP contribution >= 0.6 is 0 Å². The number of carbonyl (C=O) groups is 2. The second kappa shape index (κ2) is 7.65. The fraction of sp³-hybridized carbons (Fsp3) is 0.500. The third-order valence-corrected chi connectivity index (χ3v) is 5.80. The van der Waals surface area contributed by atoms with Gasteiger partial charge >= 0.3 is 11.8 Å². The molecule has 1 heterocycles. The van der Waals surface area contributed by atoms with E-state index in [-0.39, 0.29) is 11.5 Å². The quantitative estimate of drug-likeness (QED) is 0.763. The molecule has 7 nitrogen and oxygen atoms in total. The van der Waals surface area contributed by atoms with Gasteiger partial charge in [-0.3, -0.25) is 9.59 Å². The highest BCUT2D eigenvalue weighted by Crippen LogP contribution is 2.17. The van der Waals surface area contributed by atoms with Gasteiger partial charge in [-0.1, -0.05) is 0 Å². The molecule has 132 valence electrons. The molecule has 0 spiro atoms. The first-order valence-corrected chi connectivity index (χ1v) is 9.84. The van der Waals surface area contributed by atoms with Crippen molar-refractivity contribution in [2.24, 2.45) is 0 Å². The highest BCUT2D eigenvalue weighted by molar-refractivity contribution is 7.91. The van der Waals surface area contributed by atoms with Gasteiger partial charge in [-0.05, 0) is 44.5 Å². The van der Waals surface area contributed by atoms with Crippen LogP contribution in [-0.4, -0.2) is 50.9 Å². The number of amides is 2. The molecule has 1 aromatic carbocycles. The Morgan fingerprint density at radius 2 is 1.75 bits per heavy atom. The molecule has 0 radical (unpaired) electrons. The summed E-state index contributed by atoms with van der Waals surface area (Å²) in [7, 11) is -3.09. The average Bonchev–Trinajstić information content (AvgIpc) is 2.88. The van der Waals surface area contributed by atoms with Crippen molar-refractivity contribution in [3.05, 3.63) is 24.3 Å². The minimum Gasteiger partial charge on any atom is -0.372 e. The smallest absolute Gasteiger partial charge is 0.313 e. The Balaban J connectivity index is 1.90. The van der Waals surface area contributed by atoms with Crippen LogP contribution in [0.2, 0.25) is 0 Å². The molecule has 0 aromatic heterocycles. The van der Waals surface area contributed by atoms with E-state index in [4.69, 9.17) is 0 Å². The Bertz CT molecular complexity index is 697. The summed E-state index contributed by atoms with van der Waals surface area (Å²) < 4.78 is 22.7. The third kappa shape index (κ3) is 4.70. The van der Waals surface area contributed by atoms with E-state index in [0.717, 1.165) is 18.8 Å². The molecule has 1 fully saturated rings. The van der Waals surface area contributed by atoms with Crippen LogP contribution in [0.5, 0.6) is 0 Å². The number of hydrogen-bond donors (Lipinski definition) is 2. The van der Waals surface area contributed by atoms with Gasteiger partial charge in [0.25, 0.3) is 0 Å². The summed E-state index contributed by atoms with van der Waals surface area (Å²) in [5.41, 5.74) is 1.56. The first-order chi connectivity index (χ1) is 11.3. The van der Waals surface area contributed by atoms with Crippen molar-refractivity contribution in [2.45, 2.75) is 26.3 Å². The van der Waals surface area contributed by atoms with Gasteiger partial charge in [0.1, 0.15) is 0 Å². The molecule has 0 bridgehead atoms. The predicted octanol–water partition coefficient (Wildman–Crippen LogP) is 0.775. The summed E-state index contributed by atoms with van der Waals surface area (Å²) in [6, 6.07) is 6.74. The zero-order valence-electron chi connectivity index (χ0n) is 13.9. The molecule has 0 aliphatic carbocycles. The van der Waals surface area contributed by atoms with Gasteiger partial charge in [-0.15, -0.1) is 0 Å². The van der Waals surface area contributed by atoms with E-state index in [1.807, 2.05) is 12.1 Å². The maximum Gasteiger partial charge on any atom is 0.313 e. The standard InChI is InChI=1S/C16H23N3O4S/c1-3-19(4-2)14-7-5-12(6-8-14)17-15(20)16(21)18-13-9-10-24(22,23)11-13/h5-8,13H,3-4,9-11H2,1-2H3,(H,17,20)(H,18,21). The zero-order chi connectivity index (χ0) is 17.7. The second-order valence-corrected chi connectivity index (χ2v) is 7.98. The van der Waals surface area contributed by atoms with Crippen LogP contribution in [0.4, 0.5) is 11.4 Å². The molecule has 2 amide bonds. The molecule has 2 N–H and O–H groups in total. The Hall–Kier alpha value is -2.09. The SMILES string of the molecule is CCN(CC)c1ccc(NC(=O)C(=O)NC2CCS(=O)(=O)C2)cc1. The number of hydrogen-bond acceptors (Lipinski definition) is 5. The van der Waals surface area contributed by atoms with Crippen LogP contribution in [0.15, 0.2) is 24.3 Å². The molecule has 8 heteroatoms. The molecule has 2 rings (SSSR count). The van der Waals surface area contributed by atoms with Crippen molar-refractivity contribution in [2.75, 3.05) is 34.8 Å². The van der Waals surface area contributed by atoms with Crippen LogP contribution in [-0.2, 0) is 19.4 Å². The van der Waals surface area contributed by atoms with Gasteiger partial charge in [0.05, 0.1) is 11.5 Å². The summed E-state index contributed by atoms with van der Waals surface area (Å²) in [6.07, 6.45) is 0.347. The molecular weight excluding hydrogens is 330 g/mol. The molecule has 24 heavy (non-hydrogen) atoms. The van der Waals surface area contributed by atoms with E-state index < -0.39 is 27.7 Å². The number of carbonyl (C=O) groups excluding carboxylic acids is 2. The first-order valence-electron chi connectivity index (χ1n) is 8.02. The van der Waals surface area contributed by atoms with Gasteiger partial charge in [0, 0.05) is 30.5 Å². The molecule has 1 atom stereocenters. The number of nitrogens with one attached hydrogen (secondary N) is 2. The lowest BCUT2D eigenvalue weighted by atomic mass is 10.2. The highest BCUT2D eigenvalue weighted by Gasteiger charge is 2.30. The van der Waals surface area contributed by atoms with Crippen molar-refractivity contribution < 1.29 is 18.0 Å². The molecule has 0 saturated carbocycles. The molecular formula is C16H23N3O4S. The average molecular weight is 353 g/mol. The Morgan fingerprint density at radius 3 is 2.25 bits per heavy atom. The van der Waals surface area contributed by atoms with Crippen LogP contribution in [0.1, 0.15) is 20.3 Å². The van der Waals surface area contributed by atoms with Crippen LogP contribution in [0.3, 0.4) is 0 Å². The van der Waals surface area contributed by atoms with Crippen molar-refractivity contribution >= 4 is 33.0 Å². The lowest BCUT2D eigenvalue weighted by Crippen LogP contribution is -2.42. The monoisotopic (exact) mass is 353 g/mol. The highest BCUT2D eigenvalue weighted by atomic mass is 32.2. The largest absolute Gasteiger partial charge is 0.372 e. The summed E-state index contributed by atoms with van der Waals surface area (Å²) in [5.74, 6) is -1.67. The van der Waals surface area contributed by atoms with Crippen LogP contribution in [0.25, 0.3) is 0 Å². The fourth-order valence-electron chi connectivity index (χ4n) is 2.69.